The van der Waals surface area contributed by atoms with Crippen molar-refractivity contribution in [3.05, 3.63) is 58.8 Å². The Morgan fingerprint density at radius 2 is 1.82 bits per heavy atom. The van der Waals surface area contributed by atoms with Crippen LogP contribution >= 0.6 is 0 Å². The van der Waals surface area contributed by atoms with E-state index in [1.54, 1.807) is 43.3 Å². The van der Waals surface area contributed by atoms with Gasteiger partial charge in [0.2, 0.25) is 15.9 Å². The summed E-state index contributed by atoms with van der Waals surface area (Å²) in [4.78, 5) is 34.3. The summed E-state index contributed by atoms with van der Waals surface area (Å²) in [6.45, 7) is 5.16. The van der Waals surface area contributed by atoms with Crippen molar-refractivity contribution in [3.8, 4) is 6.07 Å². The van der Waals surface area contributed by atoms with Gasteiger partial charge < -0.3 is 9.64 Å². The van der Waals surface area contributed by atoms with Crippen LogP contribution in [-0.2, 0) is 31.9 Å². The average Bonchev–Trinajstić information content (AvgIpc) is 3.42. The Bertz CT molecular complexity index is 1300. The summed E-state index contributed by atoms with van der Waals surface area (Å²) in [6, 6.07) is 12.4. The number of rotatable bonds is 9. The fourth-order valence-electron chi connectivity index (χ4n) is 4.94. The Labute approximate surface area is 223 Å². The molecule has 202 valence electrons. The van der Waals surface area contributed by atoms with Crippen LogP contribution in [0.1, 0.15) is 59.8 Å². The van der Waals surface area contributed by atoms with Crippen molar-refractivity contribution in [1.29, 1.82) is 5.26 Å². The molecule has 0 aliphatic carbocycles. The van der Waals surface area contributed by atoms with Gasteiger partial charge in [-0.2, -0.15) is 5.26 Å². The first-order chi connectivity index (χ1) is 18.3. The van der Waals surface area contributed by atoms with Crippen LogP contribution in [0.25, 0.3) is 0 Å². The topological polar surface area (TPSA) is 133 Å². The van der Waals surface area contributed by atoms with Crippen LogP contribution < -0.4 is 9.62 Å². The summed E-state index contributed by atoms with van der Waals surface area (Å²) < 4.78 is 32.5. The lowest BCUT2D eigenvalue weighted by Crippen LogP contribution is -2.43. The predicted octanol–water partition coefficient (Wildman–Crippen LogP) is 2.59. The van der Waals surface area contributed by atoms with Gasteiger partial charge in [0, 0.05) is 25.6 Å². The number of ether oxygens (including phenoxy) is 1. The molecule has 11 heteroatoms. The van der Waals surface area contributed by atoms with E-state index in [4.69, 9.17) is 9.72 Å². The molecule has 0 unspecified atom stereocenters. The molecule has 2 aromatic rings. The van der Waals surface area contributed by atoms with Gasteiger partial charge in [-0.25, -0.2) is 18.2 Å². The maximum Gasteiger partial charge on any atom is 0.340 e. The summed E-state index contributed by atoms with van der Waals surface area (Å²) in [5, 5.41) is 9.84. The summed E-state index contributed by atoms with van der Waals surface area (Å²) >= 11 is 0. The molecule has 1 aromatic heterocycles. The number of amides is 1. The molecule has 0 radical (unpaired) electrons. The number of anilines is 1. The molecule has 3 heterocycles. The lowest BCUT2D eigenvalue weighted by atomic mass is 9.96. The van der Waals surface area contributed by atoms with E-state index in [0.29, 0.717) is 55.1 Å². The summed E-state index contributed by atoms with van der Waals surface area (Å²) in [5.74, 6) is -1.26. The molecule has 4 rings (SSSR count). The van der Waals surface area contributed by atoms with E-state index in [9.17, 15) is 23.3 Å². The van der Waals surface area contributed by atoms with Crippen molar-refractivity contribution < 1.29 is 22.7 Å². The van der Waals surface area contributed by atoms with Crippen molar-refractivity contribution in [2.24, 2.45) is 5.92 Å². The number of piperidine rings is 1. The highest BCUT2D eigenvalue weighted by atomic mass is 32.2. The van der Waals surface area contributed by atoms with Crippen LogP contribution in [0.5, 0.6) is 0 Å². The molecule has 2 saturated heterocycles. The van der Waals surface area contributed by atoms with Crippen molar-refractivity contribution >= 4 is 27.7 Å². The van der Waals surface area contributed by atoms with Crippen LogP contribution in [0.3, 0.4) is 0 Å². The van der Waals surface area contributed by atoms with Gasteiger partial charge in [-0.1, -0.05) is 30.3 Å². The fourth-order valence-corrected chi connectivity index (χ4v) is 6.12. The molecular formula is C27H33N5O5S. The smallest absolute Gasteiger partial charge is 0.340 e. The molecule has 2 aliphatic rings. The zero-order chi connectivity index (χ0) is 27.1. The quantitative estimate of drug-likeness (QED) is 0.477. The van der Waals surface area contributed by atoms with E-state index in [2.05, 4.69) is 15.7 Å². The van der Waals surface area contributed by atoms with Crippen molar-refractivity contribution in [2.45, 2.75) is 44.9 Å². The van der Waals surface area contributed by atoms with Crippen molar-refractivity contribution in [3.63, 3.8) is 0 Å². The van der Waals surface area contributed by atoms with E-state index in [-0.39, 0.29) is 17.9 Å². The van der Waals surface area contributed by atoms with Crippen LogP contribution in [-0.4, -0.2) is 63.0 Å². The molecule has 1 amide bonds. The first-order valence-electron chi connectivity index (χ1n) is 13.0. The summed E-state index contributed by atoms with van der Waals surface area (Å²) in [7, 11) is -3.81. The molecule has 0 saturated carbocycles. The SMILES string of the molecule is CCOC(=O)c1cc(C#N)c(N2CCC(C(=O)NS(=O)(=O)Cc3ccccc3)CC2)nc1CN1CCCC1. The molecule has 0 spiro atoms. The molecule has 1 aromatic carbocycles. The van der Waals surface area contributed by atoms with E-state index in [1.165, 1.54) is 0 Å². The molecule has 2 fully saturated rings. The number of likely N-dealkylation sites (tertiary alicyclic amines) is 1. The highest BCUT2D eigenvalue weighted by molar-refractivity contribution is 7.89. The molecule has 10 nitrogen and oxygen atoms in total. The second-order valence-electron chi connectivity index (χ2n) is 9.64. The lowest BCUT2D eigenvalue weighted by molar-refractivity contribution is -0.123. The fraction of sp³-hybridized carbons (Fsp3) is 0.481. The van der Waals surface area contributed by atoms with Crippen LogP contribution in [0, 0.1) is 17.2 Å². The summed E-state index contributed by atoms with van der Waals surface area (Å²) in [6.07, 6.45) is 3.02. The van der Waals surface area contributed by atoms with Crippen molar-refractivity contribution in [1.82, 2.24) is 14.6 Å². The molecule has 38 heavy (non-hydrogen) atoms. The predicted molar refractivity (Wildman–Crippen MR) is 142 cm³/mol. The van der Waals surface area contributed by atoms with Crippen LogP contribution in [0.2, 0.25) is 0 Å². The molecular weight excluding hydrogens is 506 g/mol. The largest absolute Gasteiger partial charge is 0.462 e. The molecule has 2 aliphatic heterocycles. The van der Waals surface area contributed by atoms with Gasteiger partial charge in [-0.15, -0.1) is 0 Å². The average molecular weight is 540 g/mol. The maximum atomic E-state index is 12.8. The Hall–Kier alpha value is -3.49. The molecule has 0 bridgehead atoms. The third-order valence-corrected chi connectivity index (χ3v) is 8.12. The second-order valence-corrected chi connectivity index (χ2v) is 11.4. The summed E-state index contributed by atoms with van der Waals surface area (Å²) in [5.41, 5.74) is 1.75. The number of nitrogens with one attached hydrogen (secondary N) is 1. The highest BCUT2D eigenvalue weighted by Crippen LogP contribution is 2.28. The standard InChI is InChI=1S/C27H33N5O5S/c1-2-37-27(34)23-16-22(17-28)25(29-24(23)18-31-12-6-7-13-31)32-14-10-21(11-15-32)26(33)30-38(35,36)19-20-8-4-3-5-9-20/h3-5,8-9,16,21H,2,6-7,10-15,18-19H2,1H3,(H,30,33). The zero-order valence-corrected chi connectivity index (χ0v) is 22.4. The van der Waals surface area contributed by atoms with Gasteiger partial charge in [0.1, 0.15) is 11.9 Å². The van der Waals surface area contributed by atoms with Gasteiger partial charge in [0.25, 0.3) is 0 Å². The number of nitrogens with zero attached hydrogens (tertiary/aromatic N) is 4. The minimum atomic E-state index is -3.81. The Balaban J connectivity index is 1.46. The maximum absolute atomic E-state index is 12.8. The number of benzene rings is 1. The Morgan fingerprint density at radius 1 is 1.13 bits per heavy atom. The number of carbonyl (C=O) groups excluding carboxylic acids is 2. The molecule has 1 N–H and O–H groups in total. The molecule has 0 atom stereocenters. The first kappa shape index (κ1) is 27.5. The number of hydrogen-bond donors (Lipinski definition) is 1. The number of aromatic nitrogens is 1. The van der Waals surface area contributed by atoms with E-state index in [0.717, 1.165) is 25.9 Å². The number of nitriles is 1. The van der Waals surface area contributed by atoms with Gasteiger partial charge in [-0.3, -0.25) is 14.4 Å². The zero-order valence-electron chi connectivity index (χ0n) is 21.6. The number of sulfonamides is 1. The van der Waals surface area contributed by atoms with Crippen LogP contribution in [0.15, 0.2) is 36.4 Å². The number of pyridine rings is 1. The van der Waals surface area contributed by atoms with Gasteiger partial charge in [0.05, 0.1) is 29.2 Å². The Kier molecular flexibility index (Phi) is 8.97. The first-order valence-corrected chi connectivity index (χ1v) is 14.6. The van der Waals surface area contributed by atoms with Gasteiger partial charge in [-0.05, 0) is 57.3 Å². The number of esters is 1. The van der Waals surface area contributed by atoms with Crippen LogP contribution in [0.4, 0.5) is 5.82 Å². The third kappa shape index (κ3) is 6.88. The number of hydrogen-bond acceptors (Lipinski definition) is 9. The minimum absolute atomic E-state index is 0.224. The van der Waals surface area contributed by atoms with Crippen molar-refractivity contribution in [2.75, 3.05) is 37.7 Å². The number of carbonyl (C=O) groups is 2. The van der Waals surface area contributed by atoms with E-state index in [1.807, 2.05) is 4.90 Å². The second kappa shape index (κ2) is 12.4. The Morgan fingerprint density at radius 3 is 2.45 bits per heavy atom. The monoisotopic (exact) mass is 539 g/mol. The minimum Gasteiger partial charge on any atom is -0.462 e. The van der Waals surface area contributed by atoms with Gasteiger partial charge >= 0.3 is 5.97 Å². The lowest BCUT2D eigenvalue weighted by Gasteiger charge is -2.33. The highest BCUT2D eigenvalue weighted by Gasteiger charge is 2.30. The van der Waals surface area contributed by atoms with E-state index >= 15 is 0 Å². The van der Waals surface area contributed by atoms with Gasteiger partial charge in [0.15, 0.2) is 0 Å². The van der Waals surface area contributed by atoms with E-state index < -0.39 is 27.8 Å². The normalized spacial score (nSPS) is 16.7. The third-order valence-electron chi connectivity index (χ3n) is 6.89.